The molecule has 2 aliphatic rings. The molecule has 2 heterocycles. The third kappa shape index (κ3) is 3.17. The largest absolute Gasteiger partial charge is 0.378 e. The number of hydrogen-bond acceptors (Lipinski definition) is 5. The number of ether oxygens (including phenoxy) is 1. The highest BCUT2D eigenvalue weighted by Crippen LogP contribution is 2.50. The van der Waals surface area contributed by atoms with Crippen molar-refractivity contribution in [3.63, 3.8) is 0 Å². The number of carbonyl (C=O) groups is 2. The Balaban J connectivity index is 1.64. The van der Waals surface area contributed by atoms with Gasteiger partial charge < -0.3 is 20.3 Å². The van der Waals surface area contributed by atoms with Crippen molar-refractivity contribution in [1.29, 1.82) is 0 Å². The standard InChI is InChI=1S/C19H29N3O3S/c1-4-25-15-12-19(20,18(15,2)3)17(24)22-8-5-7-21(9-10-22)16(23)14-6-11-26-13-14/h6,11,13,15H,4-5,7-10,12,20H2,1-3H3. The zero-order valence-corrected chi connectivity index (χ0v) is 16.7. The molecule has 0 aromatic carbocycles. The number of hydrogen-bond donors (Lipinski definition) is 1. The Morgan fingerprint density at radius 3 is 2.58 bits per heavy atom. The molecule has 2 fully saturated rings. The summed E-state index contributed by atoms with van der Waals surface area (Å²) >= 11 is 1.52. The van der Waals surface area contributed by atoms with Crippen LogP contribution in [-0.4, -0.2) is 66.0 Å². The van der Waals surface area contributed by atoms with Crippen LogP contribution in [0.25, 0.3) is 0 Å². The first-order chi connectivity index (χ1) is 12.3. The molecule has 1 saturated heterocycles. The summed E-state index contributed by atoms with van der Waals surface area (Å²) in [4.78, 5) is 29.4. The lowest BCUT2D eigenvalue weighted by atomic mass is 9.54. The molecule has 2 amide bonds. The molecule has 1 aliphatic carbocycles. The molecule has 26 heavy (non-hydrogen) atoms. The van der Waals surface area contributed by atoms with Crippen LogP contribution in [0.5, 0.6) is 0 Å². The fourth-order valence-electron chi connectivity index (χ4n) is 3.97. The Labute approximate surface area is 159 Å². The van der Waals surface area contributed by atoms with E-state index in [1.165, 1.54) is 11.3 Å². The van der Waals surface area contributed by atoms with Crippen molar-refractivity contribution in [3.8, 4) is 0 Å². The molecule has 3 rings (SSSR count). The number of nitrogens with two attached hydrogens (primary N) is 1. The second kappa shape index (κ2) is 7.29. The highest BCUT2D eigenvalue weighted by molar-refractivity contribution is 7.08. The molecule has 7 heteroatoms. The van der Waals surface area contributed by atoms with Crippen molar-refractivity contribution in [2.24, 2.45) is 11.1 Å². The van der Waals surface area contributed by atoms with Crippen molar-refractivity contribution in [1.82, 2.24) is 9.80 Å². The van der Waals surface area contributed by atoms with E-state index in [-0.39, 0.29) is 17.9 Å². The molecule has 2 atom stereocenters. The third-order valence-electron chi connectivity index (χ3n) is 6.05. The molecule has 6 nitrogen and oxygen atoms in total. The summed E-state index contributed by atoms with van der Waals surface area (Å²) in [6, 6.07) is 1.85. The van der Waals surface area contributed by atoms with Gasteiger partial charge in [-0.05, 0) is 24.8 Å². The van der Waals surface area contributed by atoms with Gasteiger partial charge in [-0.3, -0.25) is 9.59 Å². The van der Waals surface area contributed by atoms with E-state index in [4.69, 9.17) is 10.5 Å². The Morgan fingerprint density at radius 2 is 1.96 bits per heavy atom. The summed E-state index contributed by atoms with van der Waals surface area (Å²) in [5.74, 6) is 0.0340. The van der Waals surface area contributed by atoms with E-state index in [0.29, 0.717) is 39.2 Å². The second-order valence-corrected chi connectivity index (χ2v) is 8.57. The zero-order chi connectivity index (χ0) is 18.9. The first-order valence-electron chi connectivity index (χ1n) is 9.32. The SMILES string of the molecule is CCOC1CC(N)(C(=O)N2CCCN(C(=O)c3ccsc3)CC2)C1(C)C. The lowest BCUT2D eigenvalue weighted by Crippen LogP contribution is -2.76. The Hall–Kier alpha value is -1.44. The minimum atomic E-state index is -0.890. The molecule has 1 aromatic rings. The smallest absolute Gasteiger partial charge is 0.254 e. The predicted octanol–water partition coefficient (Wildman–Crippen LogP) is 1.96. The fourth-order valence-corrected chi connectivity index (χ4v) is 4.60. The normalized spacial score (nSPS) is 28.4. The average molecular weight is 380 g/mol. The summed E-state index contributed by atoms with van der Waals surface area (Å²) in [6.07, 6.45) is 1.35. The zero-order valence-electron chi connectivity index (χ0n) is 15.9. The van der Waals surface area contributed by atoms with E-state index in [1.54, 1.807) is 0 Å². The maximum absolute atomic E-state index is 13.2. The lowest BCUT2D eigenvalue weighted by Gasteiger charge is -2.58. The molecule has 2 unspecified atom stereocenters. The van der Waals surface area contributed by atoms with Crippen LogP contribution in [-0.2, 0) is 9.53 Å². The fraction of sp³-hybridized carbons (Fsp3) is 0.684. The van der Waals surface area contributed by atoms with Crippen molar-refractivity contribution < 1.29 is 14.3 Å². The van der Waals surface area contributed by atoms with Crippen LogP contribution in [0.1, 0.15) is 44.0 Å². The van der Waals surface area contributed by atoms with E-state index in [2.05, 4.69) is 0 Å². The van der Waals surface area contributed by atoms with Gasteiger partial charge in [0, 0.05) is 50.0 Å². The number of amides is 2. The van der Waals surface area contributed by atoms with Crippen LogP contribution in [0.2, 0.25) is 0 Å². The van der Waals surface area contributed by atoms with Gasteiger partial charge in [-0.2, -0.15) is 11.3 Å². The molecule has 1 aliphatic heterocycles. The van der Waals surface area contributed by atoms with Gasteiger partial charge >= 0.3 is 0 Å². The van der Waals surface area contributed by atoms with Gasteiger partial charge in [-0.25, -0.2) is 0 Å². The Bertz CT molecular complexity index is 661. The van der Waals surface area contributed by atoms with Crippen LogP contribution in [0, 0.1) is 5.41 Å². The van der Waals surface area contributed by atoms with Gasteiger partial charge in [0.1, 0.15) is 5.54 Å². The van der Waals surface area contributed by atoms with Gasteiger partial charge in [0.15, 0.2) is 0 Å². The first kappa shape index (κ1) is 19.3. The molecule has 0 radical (unpaired) electrons. The second-order valence-electron chi connectivity index (χ2n) is 7.79. The molecular weight excluding hydrogens is 350 g/mol. The predicted molar refractivity (Wildman–Crippen MR) is 102 cm³/mol. The molecule has 144 valence electrons. The molecule has 1 saturated carbocycles. The minimum Gasteiger partial charge on any atom is -0.378 e. The topological polar surface area (TPSA) is 75.9 Å². The van der Waals surface area contributed by atoms with E-state index in [9.17, 15) is 9.59 Å². The summed E-state index contributed by atoms with van der Waals surface area (Å²) in [6.45, 7) is 9.00. The quantitative estimate of drug-likeness (QED) is 0.868. The van der Waals surface area contributed by atoms with Crippen molar-refractivity contribution in [3.05, 3.63) is 22.4 Å². The summed E-state index contributed by atoms with van der Waals surface area (Å²) < 4.78 is 5.74. The van der Waals surface area contributed by atoms with Crippen molar-refractivity contribution in [2.45, 2.75) is 45.3 Å². The van der Waals surface area contributed by atoms with Gasteiger partial charge in [0.25, 0.3) is 5.91 Å². The molecule has 0 bridgehead atoms. The molecule has 0 spiro atoms. The number of thiophene rings is 1. The highest BCUT2D eigenvalue weighted by Gasteiger charge is 2.63. The van der Waals surface area contributed by atoms with Gasteiger partial charge in [-0.1, -0.05) is 13.8 Å². The van der Waals surface area contributed by atoms with Crippen LogP contribution in [0.15, 0.2) is 16.8 Å². The van der Waals surface area contributed by atoms with Gasteiger partial charge in [0.05, 0.1) is 11.7 Å². The van der Waals surface area contributed by atoms with Crippen LogP contribution in [0.4, 0.5) is 0 Å². The van der Waals surface area contributed by atoms with Crippen molar-refractivity contribution >= 4 is 23.2 Å². The van der Waals surface area contributed by atoms with Gasteiger partial charge in [0.2, 0.25) is 5.91 Å². The van der Waals surface area contributed by atoms with Crippen LogP contribution in [0.3, 0.4) is 0 Å². The van der Waals surface area contributed by atoms with E-state index >= 15 is 0 Å². The summed E-state index contributed by atoms with van der Waals surface area (Å²) in [7, 11) is 0. The Morgan fingerprint density at radius 1 is 1.27 bits per heavy atom. The first-order valence-corrected chi connectivity index (χ1v) is 10.3. The van der Waals surface area contributed by atoms with Crippen LogP contribution < -0.4 is 5.73 Å². The van der Waals surface area contributed by atoms with Crippen LogP contribution >= 0.6 is 11.3 Å². The maximum Gasteiger partial charge on any atom is 0.254 e. The minimum absolute atomic E-state index is 0.0108. The third-order valence-corrected chi connectivity index (χ3v) is 6.73. The highest BCUT2D eigenvalue weighted by atomic mass is 32.1. The Kier molecular flexibility index (Phi) is 5.42. The average Bonchev–Trinajstić information content (AvgIpc) is 3.04. The monoisotopic (exact) mass is 379 g/mol. The number of nitrogens with zero attached hydrogens (tertiary/aromatic N) is 2. The molecule has 1 aromatic heterocycles. The summed E-state index contributed by atoms with van der Waals surface area (Å²) in [5.41, 5.74) is 5.99. The number of rotatable bonds is 4. The van der Waals surface area contributed by atoms with E-state index in [0.717, 1.165) is 12.0 Å². The van der Waals surface area contributed by atoms with Crippen molar-refractivity contribution in [2.75, 3.05) is 32.8 Å². The number of carbonyl (C=O) groups excluding carboxylic acids is 2. The van der Waals surface area contributed by atoms with Gasteiger partial charge in [-0.15, -0.1) is 0 Å². The molecular formula is C19H29N3O3S. The maximum atomic E-state index is 13.2. The molecule has 2 N–H and O–H groups in total. The van der Waals surface area contributed by atoms with E-state index < -0.39 is 11.0 Å². The van der Waals surface area contributed by atoms with E-state index in [1.807, 2.05) is 47.4 Å². The lowest BCUT2D eigenvalue weighted by molar-refractivity contribution is -0.179. The summed E-state index contributed by atoms with van der Waals surface area (Å²) in [5, 5.41) is 3.78.